The summed E-state index contributed by atoms with van der Waals surface area (Å²) in [5, 5.41) is 3.87. The van der Waals surface area contributed by atoms with E-state index in [0.29, 0.717) is 5.65 Å². The number of aromatic nitrogens is 4. The van der Waals surface area contributed by atoms with Gasteiger partial charge in [0.15, 0.2) is 5.65 Å². The summed E-state index contributed by atoms with van der Waals surface area (Å²) >= 11 is 0. The number of nitrogens with two attached hydrogens (primary N) is 2. The molecule has 0 bridgehead atoms. The Morgan fingerprint density at radius 1 is 1.53 bits per heavy atom. The van der Waals surface area contributed by atoms with Gasteiger partial charge in [0.1, 0.15) is 12.1 Å². The second kappa shape index (κ2) is 3.29. The van der Waals surface area contributed by atoms with Gasteiger partial charge in [-0.25, -0.2) is 15.2 Å². The van der Waals surface area contributed by atoms with Crippen molar-refractivity contribution in [3.05, 3.63) is 12.4 Å². The quantitative estimate of drug-likeness (QED) is 0.453. The van der Waals surface area contributed by atoms with Crippen LogP contribution in [0.25, 0.3) is 5.65 Å². The first-order valence-corrected chi connectivity index (χ1v) is 3.94. The van der Waals surface area contributed by atoms with Crippen LogP contribution in [0.2, 0.25) is 0 Å². The zero-order valence-corrected chi connectivity index (χ0v) is 7.51. The van der Waals surface area contributed by atoms with Gasteiger partial charge in [-0.05, 0) is 0 Å². The first-order chi connectivity index (χ1) is 7.16. The van der Waals surface area contributed by atoms with E-state index in [9.17, 15) is 4.79 Å². The number of carbonyl (C=O) groups is 1. The number of hydrogen-bond acceptors (Lipinski definition) is 6. The minimum absolute atomic E-state index is 0.223. The fourth-order valence-electron chi connectivity index (χ4n) is 1.04. The average Bonchev–Trinajstić information content (AvgIpc) is 2.61. The van der Waals surface area contributed by atoms with Crippen molar-refractivity contribution in [3.63, 3.8) is 0 Å². The van der Waals surface area contributed by atoms with Crippen LogP contribution >= 0.6 is 0 Å². The summed E-state index contributed by atoms with van der Waals surface area (Å²) in [6, 6.07) is 0.801. The number of amides is 2. The van der Waals surface area contributed by atoms with Gasteiger partial charge in [-0.2, -0.15) is 14.6 Å². The molecule has 6 N–H and O–H groups in total. The highest BCUT2D eigenvalue weighted by Crippen LogP contribution is 2.08. The number of hydrazine groups is 1. The average molecular weight is 208 g/mol. The van der Waals surface area contributed by atoms with E-state index in [-0.39, 0.29) is 11.8 Å². The third-order valence-electron chi connectivity index (χ3n) is 1.58. The van der Waals surface area contributed by atoms with Crippen LogP contribution in [-0.2, 0) is 0 Å². The van der Waals surface area contributed by atoms with Crippen LogP contribution in [0, 0.1) is 0 Å². The Bertz CT molecular complexity index is 505. The van der Waals surface area contributed by atoms with Crippen LogP contribution in [0.4, 0.5) is 16.6 Å². The monoisotopic (exact) mass is 208 g/mol. The predicted molar refractivity (Wildman–Crippen MR) is 51.5 cm³/mol. The molecule has 0 spiro atoms. The topological polar surface area (TPSA) is 136 Å². The fraction of sp³-hybridized carbons (Fsp3) is 0. The second-order valence-electron chi connectivity index (χ2n) is 2.65. The van der Waals surface area contributed by atoms with E-state index < -0.39 is 6.03 Å². The SMILES string of the molecule is NC(=O)NNc1nc(N)cc2ncnn12. The number of primary amides is 1. The maximum Gasteiger partial charge on any atom is 0.330 e. The second-order valence-corrected chi connectivity index (χ2v) is 2.65. The zero-order chi connectivity index (χ0) is 10.8. The summed E-state index contributed by atoms with van der Waals surface area (Å²) in [6.07, 6.45) is 1.34. The van der Waals surface area contributed by atoms with Gasteiger partial charge in [0, 0.05) is 6.07 Å². The standard InChI is InChI=1S/C6H8N8O/c7-3-1-4-9-2-10-14(4)6(11-3)13-12-5(8)15/h1-2H,7H2,(H,11,13)(H3,8,12,15). The van der Waals surface area contributed by atoms with Crippen molar-refractivity contribution in [1.29, 1.82) is 0 Å². The number of nitrogen functional groups attached to an aromatic ring is 1. The third kappa shape index (κ3) is 1.70. The number of fused-ring (bicyclic) bond motifs is 1. The number of carbonyl (C=O) groups excluding carboxylic acids is 1. The van der Waals surface area contributed by atoms with E-state index >= 15 is 0 Å². The van der Waals surface area contributed by atoms with Crippen molar-refractivity contribution in [2.45, 2.75) is 0 Å². The van der Waals surface area contributed by atoms with Crippen molar-refractivity contribution in [2.75, 3.05) is 11.2 Å². The van der Waals surface area contributed by atoms with Gasteiger partial charge in [-0.3, -0.25) is 5.43 Å². The molecule has 2 rings (SSSR count). The molecule has 15 heavy (non-hydrogen) atoms. The van der Waals surface area contributed by atoms with Crippen molar-refractivity contribution in [2.24, 2.45) is 5.73 Å². The maximum atomic E-state index is 10.5. The van der Waals surface area contributed by atoms with Gasteiger partial charge in [-0.1, -0.05) is 0 Å². The summed E-state index contributed by atoms with van der Waals surface area (Å²) < 4.78 is 1.37. The normalized spacial score (nSPS) is 10.1. The fourth-order valence-corrected chi connectivity index (χ4v) is 1.04. The highest BCUT2D eigenvalue weighted by Gasteiger charge is 2.05. The molecule has 2 heterocycles. The highest BCUT2D eigenvalue weighted by molar-refractivity contribution is 5.73. The molecular formula is C6H8N8O. The Morgan fingerprint density at radius 2 is 2.33 bits per heavy atom. The molecule has 0 aliphatic rings. The van der Waals surface area contributed by atoms with E-state index in [1.165, 1.54) is 10.8 Å². The van der Waals surface area contributed by atoms with Crippen molar-refractivity contribution >= 4 is 23.4 Å². The molecule has 0 aliphatic carbocycles. The Hall–Kier alpha value is -2.58. The molecule has 0 radical (unpaired) electrons. The number of rotatable bonds is 2. The maximum absolute atomic E-state index is 10.5. The summed E-state index contributed by atoms with van der Waals surface area (Å²) in [6.45, 7) is 0. The number of nitrogens with zero attached hydrogens (tertiary/aromatic N) is 4. The van der Waals surface area contributed by atoms with E-state index in [2.05, 4.69) is 25.9 Å². The predicted octanol–water partition coefficient (Wildman–Crippen LogP) is -1.30. The Kier molecular flexibility index (Phi) is 1.97. The van der Waals surface area contributed by atoms with Crippen LogP contribution in [0.15, 0.2) is 12.4 Å². The number of hydrogen-bond donors (Lipinski definition) is 4. The molecule has 0 fully saturated rings. The molecule has 0 saturated heterocycles. The lowest BCUT2D eigenvalue weighted by molar-refractivity contribution is 0.250. The minimum Gasteiger partial charge on any atom is -0.383 e. The smallest absolute Gasteiger partial charge is 0.330 e. The minimum atomic E-state index is -0.743. The largest absolute Gasteiger partial charge is 0.383 e. The van der Waals surface area contributed by atoms with Crippen LogP contribution in [0.5, 0.6) is 0 Å². The van der Waals surface area contributed by atoms with E-state index in [1.807, 2.05) is 0 Å². The van der Waals surface area contributed by atoms with Crippen LogP contribution in [-0.4, -0.2) is 25.6 Å². The molecule has 0 aliphatic heterocycles. The lowest BCUT2D eigenvalue weighted by Crippen LogP contribution is -2.35. The molecule has 2 aromatic rings. The Morgan fingerprint density at radius 3 is 3.07 bits per heavy atom. The van der Waals surface area contributed by atoms with E-state index in [1.54, 1.807) is 6.07 Å². The molecule has 0 atom stereocenters. The van der Waals surface area contributed by atoms with Gasteiger partial charge in [0.25, 0.3) is 0 Å². The van der Waals surface area contributed by atoms with Gasteiger partial charge < -0.3 is 11.5 Å². The highest BCUT2D eigenvalue weighted by atomic mass is 16.2. The number of urea groups is 1. The molecule has 0 aromatic carbocycles. The van der Waals surface area contributed by atoms with Crippen LogP contribution < -0.4 is 22.3 Å². The first-order valence-electron chi connectivity index (χ1n) is 3.94. The summed E-state index contributed by atoms with van der Waals surface area (Å²) in [4.78, 5) is 18.3. The van der Waals surface area contributed by atoms with Crippen molar-refractivity contribution in [3.8, 4) is 0 Å². The van der Waals surface area contributed by atoms with E-state index in [0.717, 1.165) is 0 Å². The molecule has 9 nitrogen and oxygen atoms in total. The Balaban J connectivity index is 2.39. The van der Waals surface area contributed by atoms with E-state index in [4.69, 9.17) is 11.5 Å². The third-order valence-corrected chi connectivity index (χ3v) is 1.58. The lowest BCUT2D eigenvalue weighted by atomic mass is 10.5. The molecule has 78 valence electrons. The Labute approximate surface area is 83.5 Å². The molecule has 9 heteroatoms. The zero-order valence-electron chi connectivity index (χ0n) is 7.51. The van der Waals surface area contributed by atoms with Crippen molar-refractivity contribution in [1.82, 2.24) is 25.0 Å². The number of anilines is 2. The number of nitrogens with one attached hydrogen (secondary N) is 2. The molecule has 0 unspecified atom stereocenters. The van der Waals surface area contributed by atoms with Crippen LogP contribution in [0.1, 0.15) is 0 Å². The summed E-state index contributed by atoms with van der Waals surface area (Å²) in [5.41, 5.74) is 15.5. The van der Waals surface area contributed by atoms with Gasteiger partial charge in [-0.15, -0.1) is 0 Å². The molecule has 2 amide bonds. The summed E-state index contributed by atoms with van der Waals surface area (Å²) in [7, 11) is 0. The molecule has 2 aromatic heterocycles. The lowest BCUT2D eigenvalue weighted by Gasteiger charge is -2.06. The first kappa shape index (κ1) is 8.99. The van der Waals surface area contributed by atoms with Gasteiger partial charge >= 0.3 is 6.03 Å². The molecular weight excluding hydrogens is 200 g/mol. The van der Waals surface area contributed by atoms with Crippen molar-refractivity contribution < 1.29 is 4.79 Å². The molecule has 0 saturated carbocycles. The van der Waals surface area contributed by atoms with Crippen LogP contribution in [0.3, 0.4) is 0 Å². The van der Waals surface area contributed by atoms with Gasteiger partial charge in [0.05, 0.1) is 0 Å². The van der Waals surface area contributed by atoms with Gasteiger partial charge in [0.2, 0.25) is 5.95 Å². The summed E-state index contributed by atoms with van der Waals surface area (Å²) in [5.74, 6) is 0.477.